The SMILES string of the molecule is Cc1cc(C(=O)CC=S(=O)=O)ccc1OCc1ccccc1. The van der Waals surface area contributed by atoms with Crippen LogP contribution in [-0.2, 0) is 16.9 Å². The summed E-state index contributed by atoms with van der Waals surface area (Å²) in [4.78, 5) is 11.8. The molecule has 0 fully saturated rings. The highest BCUT2D eigenvalue weighted by Gasteiger charge is 2.08. The maximum absolute atomic E-state index is 11.8. The molecule has 0 amide bonds. The molecule has 0 saturated carbocycles. The van der Waals surface area contributed by atoms with Crippen LogP contribution in [0.1, 0.15) is 27.9 Å². The van der Waals surface area contributed by atoms with Gasteiger partial charge in [-0.25, -0.2) is 0 Å². The molecule has 0 bridgehead atoms. The van der Waals surface area contributed by atoms with E-state index < -0.39 is 10.3 Å². The van der Waals surface area contributed by atoms with Gasteiger partial charge in [-0.1, -0.05) is 30.3 Å². The van der Waals surface area contributed by atoms with Crippen LogP contribution in [0.2, 0.25) is 0 Å². The van der Waals surface area contributed by atoms with Gasteiger partial charge in [0.25, 0.3) is 0 Å². The molecule has 0 radical (unpaired) electrons. The van der Waals surface area contributed by atoms with Gasteiger partial charge in [0.1, 0.15) is 12.4 Å². The van der Waals surface area contributed by atoms with Crippen LogP contribution < -0.4 is 4.74 Å². The molecule has 0 N–H and O–H groups in total. The number of carbonyl (C=O) groups excluding carboxylic acids is 1. The molecule has 22 heavy (non-hydrogen) atoms. The molecule has 114 valence electrons. The second kappa shape index (κ2) is 7.56. The van der Waals surface area contributed by atoms with Crippen molar-refractivity contribution < 1.29 is 17.9 Å². The van der Waals surface area contributed by atoms with Gasteiger partial charge in [0.2, 0.25) is 10.3 Å². The normalized spacial score (nSPS) is 10.0. The third kappa shape index (κ3) is 4.56. The summed E-state index contributed by atoms with van der Waals surface area (Å²) in [6.45, 7) is 2.31. The van der Waals surface area contributed by atoms with Gasteiger partial charge >= 0.3 is 0 Å². The first-order chi connectivity index (χ1) is 10.6. The van der Waals surface area contributed by atoms with E-state index in [4.69, 9.17) is 4.74 Å². The average molecular weight is 316 g/mol. The Bertz CT molecular complexity index is 785. The van der Waals surface area contributed by atoms with Crippen molar-refractivity contribution >= 4 is 21.4 Å². The quantitative estimate of drug-likeness (QED) is 0.607. The molecule has 0 aromatic heterocycles. The molecule has 0 saturated heterocycles. The number of hydrogen-bond donors (Lipinski definition) is 0. The van der Waals surface area contributed by atoms with E-state index in [2.05, 4.69) is 0 Å². The molecule has 0 spiro atoms. The van der Waals surface area contributed by atoms with Crippen molar-refractivity contribution in [1.29, 1.82) is 0 Å². The number of benzene rings is 2. The zero-order valence-electron chi connectivity index (χ0n) is 12.2. The van der Waals surface area contributed by atoms with Crippen LogP contribution in [0.15, 0.2) is 48.5 Å². The van der Waals surface area contributed by atoms with Crippen LogP contribution in [0.4, 0.5) is 0 Å². The maximum Gasteiger partial charge on any atom is 0.210 e. The number of rotatable bonds is 6. The Kier molecular flexibility index (Phi) is 5.49. The summed E-state index contributed by atoms with van der Waals surface area (Å²) >= 11 is 0. The number of ether oxygens (including phenoxy) is 1. The van der Waals surface area contributed by atoms with E-state index in [0.717, 1.165) is 16.5 Å². The Morgan fingerprint density at radius 1 is 1.14 bits per heavy atom. The van der Waals surface area contributed by atoms with Gasteiger partial charge in [-0.15, -0.1) is 0 Å². The number of aryl methyl sites for hydroxylation is 1. The second-order valence-corrected chi connectivity index (χ2v) is 5.66. The molecule has 0 aliphatic rings. The Balaban J connectivity index is 2.06. The molecule has 0 heterocycles. The van der Waals surface area contributed by atoms with Crippen molar-refractivity contribution in [2.24, 2.45) is 0 Å². The van der Waals surface area contributed by atoms with Crippen molar-refractivity contribution in [2.45, 2.75) is 20.0 Å². The van der Waals surface area contributed by atoms with Crippen molar-refractivity contribution in [3.05, 3.63) is 65.2 Å². The molecule has 0 aliphatic carbocycles. The Hall–Kier alpha value is -2.40. The highest BCUT2D eigenvalue weighted by atomic mass is 32.2. The van der Waals surface area contributed by atoms with Crippen molar-refractivity contribution in [3.63, 3.8) is 0 Å². The summed E-state index contributed by atoms with van der Waals surface area (Å²) in [5.74, 6) is 0.471. The van der Waals surface area contributed by atoms with Crippen LogP contribution in [0.3, 0.4) is 0 Å². The fraction of sp³-hybridized carbons (Fsp3) is 0.176. The molecule has 0 aliphatic heterocycles. The summed E-state index contributed by atoms with van der Waals surface area (Å²) in [5.41, 5.74) is 2.38. The van der Waals surface area contributed by atoms with E-state index in [1.54, 1.807) is 18.2 Å². The predicted octanol–water partition coefficient (Wildman–Crippen LogP) is 2.83. The fourth-order valence-corrected chi connectivity index (χ4v) is 2.27. The third-order valence-electron chi connectivity index (χ3n) is 3.14. The lowest BCUT2D eigenvalue weighted by Crippen LogP contribution is -2.02. The molecule has 4 nitrogen and oxygen atoms in total. The van der Waals surface area contributed by atoms with E-state index >= 15 is 0 Å². The number of carbonyl (C=O) groups is 1. The molecule has 5 heteroatoms. The summed E-state index contributed by atoms with van der Waals surface area (Å²) in [7, 11) is -2.31. The third-order valence-corrected chi connectivity index (χ3v) is 3.58. The molecule has 2 rings (SSSR count). The molecule has 2 aromatic carbocycles. The predicted molar refractivity (Wildman–Crippen MR) is 85.9 cm³/mol. The van der Waals surface area contributed by atoms with Gasteiger partial charge in [-0.2, -0.15) is 8.42 Å². The van der Waals surface area contributed by atoms with Gasteiger partial charge in [0.05, 0.1) is 0 Å². The molecule has 0 atom stereocenters. The number of Topliss-reactive ketones (excluding diaryl/α,β-unsaturated/α-hetero) is 1. The Labute approximate surface area is 130 Å². The fourth-order valence-electron chi connectivity index (χ4n) is 1.98. The van der Waals surface area contributed by atoms with Crippen LogP contribution in [-0.4, -0.2) is 19.6 Å². The highest BCUT2D eigenvalue weighted by Crippen LogP contribution is 2.21. The van der Waals surface area contributed by atoms with E-state index in [-0.39, 0.29) is 12.2 Å². The lowest BCUT2D eigenvalue weighted by Gasteiger charge is -2.10. The summed E-state index contributed by atoms with van der Waals surface area (Å²) in [5, 5.41) is 0.956. The molecular formula is C17H16O4S. The first-order valence-electron chi connectivity index (χ1n) is 6.78. The van der Waals surface area contributed by atoms with Crippen LogP contribution >= 0.6 is 0 Å². The van der Waals surface area contributed by atoms with Crippen molar-refractivity contribution in [2.75, 3.05) is 0 Å². The van der Waals surface area contributed by atoms with E-state index in [0.29, 0.717) is 17.9 Å². The Morgan fingerprint density at radius 2 is 1.86 bits per heavy atom. The largest absolute Gasteiger partial charge is 0.489 e. The minimum Gasteiger partial charge on any atom is -0.489 e. The van der Waals surface area contributed by atoms with Gasteiger partial charge in [-0.05, 0) is 36.2 Å². The van der Waals surface area contributed by atoms with Gasteiger partial charge < -0.3 is 4.74 Å². The standard InChI is InChI=1S/C17H16O4S/c1-13-11-15(16(18)9-10-22(19)20)7-8-17(13)21-12-14-5-3-2-4-6-14/h2-8,10-11H,9,12H2,1H3. The maximum atomic E-state index is 11.8. The minimum atomic E-state index is -2.31. The summed E-state index contributed by atoms with van der Waals surface area (Å²) in [6.07, 6.45) is -0.125. The number of hydrogen-bond acceptors (Lipinski definition) is 4. The van der Waals surface area contributed by atoms with Crippen LogP contribution in [0, 0.1) is 6.92 Å². The zero-order valence-corrected chi connectivity index (χ0v) is 13.0. The van der Waals surface area contributed by atoms with Crippen LogP contribution in [0.5, 0.6) is 5.75 Å². The van der Waals surface area contributed by atoms with E-state index in [9.17, 15) is 13.2 Å². The Morgan fingerprint density at radius 3 is 2.50 bits per heavy atom. The van der Waals surface area contributed by atoms with Crippen molar-refractivity contribution in [1.82, 2.24) is 0 Å². The van der Waals surface area contributed by atoms with Gasteiger partial charge in [0.15, 0.2) is 5.78 Å². The van der Waals surface area contributed by atoms with Crippen molar-refractivity contribution in [3.8, 4) is 5.75 Å². The highest BCUT2D eigenvalue weighted by molar-refractivity contribution is 7.71. The van der Waals surface area contributed by atoms with E-state index in [1.165, 1.54) is 0 Å². The first-order valence-corrected chi connectivity index (χ1v) is 7.92. The lowest BCUT2D eigenvalue weighted by atomic mass is 10.1. The summed E-state index contributed by atoms with van der Waals surface area (Å²) in [6, 6.07) is 14.9. The topological polar surface area (TPSA) is 60.4 Å². The molecule has 2 aromatic rings. The first kappa shape index (κ1) is 16.0. The van der Waals surface area contributed by atoms with Gasteiger partial charge in [0, 0.05) is 17.4 Å². The smallest absolute Gasteiger partial charge is 0.210 e. The summed E-state index contributed by atoms with van der Waals surface area (Å²) < 4.78 is 26.6. The second-order valence-electron chi connectivity index (χ2n) is 4.81. The monoisotopic (exact) mass is 316 g/mol. The molecular weight excluding hydrogens is 300 g/mol. The van der Waals surface area contributed by atoms with Gasteiger partial charge in [-0.3, -0.25) is 4.79 Å². The zero-order chi connectivity index (χ0) is 15.9. The lowest BCUT2D eigenvalue weighted by molar-refractivity contribution is 0.100. The van der Waals surface area contributed by atoms with E-state index in [1.807, 2.05) is 37.3 Å². The number of ketones is 1. The average Bonchev–Trinajstić information content (AvgIpc) is 2.52. The minimum absolute atomic E-state index is 0.125. The van der Waals surface area contributed by atoms with Crippen LogP contribution in [0.25, 0.3) is 0 Å². The molecule has 0 unspecified atom stereocenters.